The van der Waals surface area contributed by atoms with Gasteiger partial charge in [0.05, 0.1) is 13.7 Å². The van der Waals surface area contributed by atoms with Gasteiger partial charge in [0.2, 0.25) is 11.8 Å². The molecule has 1 saturated heterocycles. The van der Waals surface area contributed by atoms with E-state index in [1.165, 1.54) is 0 Å². The molecule has 0 aromatic heterocycles. The van der Waals surface area contributed by atoms with Crippen molar-refractivity contribution < 1.29 is 14.3 Å². The molecule has 1 aromatic rings. The van der Waals surface area contributed by atoms with Gasteiger partial charge in [-0.1, -0.05) is 18.2 Å². The van der Waals surface area contributed by atoms with Gasteiger partial charge >= 0.3 is 0 Å². The molecule has 1 aromatic carbocycles. The van der Waals surface area contributed by atoms with Gasteiger partial charge < -0.3 is 15.4 Å². The minimum Gasteiger partial charge on any atom is -0.496 e. The molecule has 0 spiro atoms. The summed E-state index contributed by atoms with van der Waals surface area (Å²) in [5, 5.41) is 5.96. The van der Waals surface area contributed by atoms with E-state index >= 15 is 0 Å². The number of benzene rings is 1. The molecule has 0 bridgehead atoms. The van der Waals surface area contributed by atoms with Crippen molar-refractivity contribution in [3.8, 4) is 5.75 Å². The van der Waals surface area contributed by atoms with Gasteiger partial charge in [-0.2, -0.15) is 0 Å². The van der Waals surface area contributed by atoms with E-state index < -0.39 is 0 Å². The molecule has 1 aliphatic heterocycles. The zero-order valence-electron chi connectivity index (χ0n) is 15.7. The lowest BCUT2D eigenvalue weighted by Crippen LogP contribution is -2.40. The number of likely N-dealkylation sites (N-methyl/N-ethyl adjacent to an activating group) is 1. The molecule has 2 fully saturated rings. The maximum Gasteiger partial charge on any atom is 0.234 e. The maximum absolute atomic E-state index is 12.3. The highest BCUT2D eigenvalue weighted by Crippen LogP contribution is 2.38. The molecule has 2 N–H and O–H groups in total. The van der Waals surface area contributed by atoms with Gasteiger partial charge in [0.15, 0.2) is 0 Å². The number of carbonyl (C=O) groups is 2. The Balaban J connectivity index is 1.41. The second kappa shape index (κ2) is 8.54. The van der Waals surface area contributed by atoms with Crippen LogP contribution >= 0.6 is 0 Å². The zero-order valence-corrected chi connectivity index (χ0v) is 15.7. The Bertz CT molecular complexity index is 649. The molecule has 2 aliphatic rings. The van der Waals surface area contributed by atoms with E-state index in [0.29, 0.717) is 37.4 Å². The SMILES string of the molecule is COc1ccccc1CCNC(=O)CN(C)[C@H]1C[C@H]2CC(=O)NC[C@H]2C1. The first kappa shape index (κ1) is 18.7. The van der Waals surface area contributed by atoms with Crippen LogP contribution in [0.5, 0.6) is 5.75 Å². The quantitative estimate of drug-likeness (QED) is 0.768. The van der Waals surface area contributed by atoms with E-state index in [1.54, 1.807) is 7.11 Å². The van der Waals surface area contributed by atoms with Crippen molar-refractivity contribution in [1.82, 2.24) is 15.5 Å². The number of methoxy groups -OCH3 is 1. The number of carbonyl (C=O) groups excluding carboxylic acids is 2. The van der Waals surface area contributed by atoms with Gasteiger partial charge in [0.25, 0.3) is 0 Å². The summed E-state index contributed by atoms with van der Waals surface area (Å²) in [6.07, 6.45) is 3.47. The molecule has 142 valence electrons. The minimum absolute atomic E-state index is 0.0477. The van der Waals surface area contributed by atoms with Crippen molar-refractivity contribution in [3.05, 3.63) is 29.8 Å². The number of nitrogens with zero attached hydrogens (tertiary/aromatic N) is 1. The fraction of sp³-hybridized carbons (Fsp3) is 0.600. The number of hydrogen-bond acceptors (Lipinski definition) is 4. The summed E-state index contributed by atoms with van der Waals surface area (Å²) in [7, 11) is 3.67. The number of piperidine rings is 1. The van der Waals surface area contributed by atoms with Crippen molar-refractivity contribution in [1.29, 1.82) is 0 Å². The van der Waals surface area contributed by atoms with E-state index in [-0.39, 0.29) is 11.8 Å². The van der Waals surface area contributed by atoms with E-state index in [0.717, 1.165) is 37.1 Å². The molecule has 6 nitrogen and oxygen atoms in total. The monoisotopic (exact) mass is 359 g/mol. The van der Waals surface area contributed by atoms with Crippen LogP contribution in [0.25, 0.3) is 0 Å². The average Bonchev–Trinajstić information content (AvgIpc) is 3.05. The maximum atomic E-state index is 12.3. The minimum atomic E-state index is 0.0477. The van der Waals surface area contributed by atoms with Crippen LogP contribution in [0.3, 0.4) is 0 Å². The molecule has 1 saturated carbocycles. The number of amides is 2. The molecule has 0 radical (unpaired) electrons. The topological polar surface area (TPSA) is 70.7 Å². The van der Waals surface area contributed by atoms with Gasteiger partial charge in [-0.15, -0.1) is 0 Å². The van der Waals surface area contributed by atoms with Gasteiger partial charge in [-0.3, -0.25) is 14.5 Å². The van der Waals surface area contributed by atoms with Gasteiger partial charge in [0, 0.05) is 25.6 Å². The fourth-order valence-corrected chi connectivity index (χ4v) is 4.25. The molecule has 1 heterocycles. The smallest absolute Gasteiger partial charge is 0.234 e. The number of nitrogens with one attached hydrogen (secondary N) is 2. The van der Waals surface area contributed by atoms with Crippen molar-refractivity contribution >= 4 is 11.8 Å². The lowest BCUT2D eigenvalue weighted by molar-refractivity contribution is -0.124. The van der Waals surface area contributed by atoms with E-state index in [2.05, 4.69) is 15.5 Å². The van der Waals surface area contributed by atoms with E-state index in [1.807, 2.05) is 31.3 Å². The summed E-state index contributed by atoms with van der Waals surface area (Å²) in [6.45, 7) is 1.79. The predicted octanol–water partition coefficient (Wildman–Crippen LogP) is 1.20. The van der Waals surface area contributed by atoms with Crippen LogP contribution in [-0.2, 0) is 16.0 Å². The lowest BCUT2D eigenvalue weighted by Gasteiger charge is -2.24. The first-order valence-electron chi connectivity index (χ1n) is 9.42. The third-order valence-electron chi connectivity index (χ3n) is 5.75. The largest absolute Gasteiger partial charge is 0.496 e. The standard InChI is InChI=1S/C20H29N3O3/c1-23(17-9-15-11-19(24)22-12-16(15)10-17)13-20(25)21-8-7-14-5-3-4-6-18(14)26-2/h3-6,15-17H,7-13H2,1-2H3,(H,21,25)(H,22,24)/t15-,16+,17-/m0/s1. The van der Waals surface area contributed by atoms with Gasteiger partial charge in [0.1, 0.15) is 5.75 Å². The molecule has 2 amide bonds. The van der Waals surface area contributed by atoms with Crippen LogP contribution in [0.15, 0.2) is 24.3 Å². The Morgan fingerprint density at radius 1 is 1.31 bits per heavy atom. The second-order valence-corrected chi connectivity index (χ2v) is 7.48. The van der Waals surface area contributed by atoms with Crippen LogP contribution in [0, 0.1) is 11.8 Å². The van der Waals surface area contributed by atoms with Crippen molar-refractivity contribution in [2.75, 3.05) is 33.8 Å². The Labute approximate surface area is 155 Å². The summed E-state index contributed by atoms with van der Waals surface area (Å²) >= 11 is 0. The van der Waals surface area contributed by atoms with Gasteiger partial charge in [-0.25, -0.2) is 0 Å². The number of ether oxygens (including phenoxy) is 1. The average molecular weight is 359 g/mol. The van der Waals surface area contributed by atoms with Crippen LogP contribution in [0.2, 0.25) is 0 Å². The first-order chi connectivity index (χ1) is 12.6. The number of hydrogen-bond donors (Lipinski definition) is 2. The Hall–Kier alpha value is -2.08. The normalized spacial score (nSPS) is 24.9. The third-order valence-corrected chi connectivity index (χ3v) is 5.75. The molecule has 1 aliphatic carbocycles. The summed E-state index contributed by atoms with van der Waals surface area (Å²) < 4.78 is 5.34. The summed E-state index contributed by atoms with van der Waals surface area (Å²) in [4.78, 5) is 26.0. The molecular weight excluding hydrogens is 330 g/mol. The Morgan fingerprint density at radius 2 is 2.08 bits per heavy atom. The van der Waals surface area contributed by atoms with Gasteiger partial charge in [-0.05, 0) is 49.8 Å². The first-order valence-corrected chi connectivity index (χ1v) is 9.42. The van der Waals surface area contributed by atoms with Crippen LogP contribution in [0.1, 0.15) is 24.8 Å². The highest BCUT2D eigenvalue weighted by Gasteiger charge is 2.39. The lowest BCUT2D eigenvalue weighted by atomic mass is 9.89. The van der Waals surface area contributed by atoms with Crippen LogP contribution < -0.4 is 15.4 Å². The Kier molecular flexibility index (Phi) is 6.14. The highest BCUT2D eigenvalue weighted by atomic mass is 16.5. The summed E-state index contributed by atoms with van der Waals surface area (Å²) in [6, 6.07) is 8.26. The second-order valence-electron chi connectivity index (χ2n) is 7.48. The number of fused-ring (bicyclic) bond motifs is 1. The van der Waals surface area contributed by atoms with E-state index in [4.69, 9.17) is 4.74 Å². The predicted molar refractivity (Wildman–Crippen MR) is 100.0 cm³/mol. The summed E-state index contributed by atoms with van der Waals surface area (Å²) in [5.41, 5.74) is 1.10. The molecular formula is C20H29N3O3. The fourth-order valence-electron chi connectivity index (χ4n) is 4.25. The van der Waals surface area contributed by atoms with Crippen LogP contribution in [-0.4, -0.2) is 56.5 Å². The highest BCUT2D eigenvalue weighted by molar-refractivity contribution is 5.78. The summed E-state index contributed by atoms with van der Waals surface area (Å²) in [5.74, 6) is 2.12. The number of rotatable bonds is 7. The molecule has 26 heavy (non-hydrogen) atoms. The molecule has 6 heteroatoms. The Morgan fingerprint density at radius 3 is 2.88 bits per heavy atom. The zero-order chi connectivity index (χ0) is 18.5. The molecule has 0 unspecified atom stereocenters. The van der Waals surface area contributed by atoms with E-state index in [9.17, 15) is 9.59 Å². The third kappa shape index (κ3) is 4.55. The molecule has 3 rings (SSSR count). The van der Waals surface area contributed by atoms with Crippen molar-refractivity contribution in [2.45, 2.75) is 31.7 Å². The van der Waals surface area contributed by atoms with Crippen molar-refractivity contribution in [2.24, 2.45) is 11.8 Å². The number of para-hydroxylation sites is 1. The van der Waals surface area contributed by atoms with Crippen LogP contribution in [0.4, 0.5) is 0 Å². The molecule has 3 atom stereocenters. The van der Waals surface area contributed by atoms with Crippen molar-refractivity contribution in [3.63, 3.8) is 0 Å².